The van der Waals surface area contributed by atoms with Gasteiger partial charge in [-0.05, 0) is 28.1 Å². The largest absolute Gasteiger partial charge is 0.325 e. The Hall–Kier alpha value is -1.73. The molecule has 18 heavy (non-hydrogen) atoms. The van der Waals surface area contributed by atoms with Crippen LogP contribution in [0.3, 0.4) is 0 Å². The number of hydrogen-bond donors (Lipinski definition) is 2. The Morgan fingerprint density at radius 2 is 2.28 bits per heavy atom. The highest BCUT2D eigenvalue weighted by atomic mass is 79.9. The SMILES string of the molecule is C=CCNCC(=O)Nc1ccc(Br)c([N+](=O)[O-])c1. The Kier molecular flexibility index (Phi) is 5.47. The molecule has 0 saturated heterocycles. The molecule has 0 fully saturated rings. The summed E-state index contributed by atoms with van der Waals surface area (Å²) in [4.78, 5) is 21.7. The number of nitrogens with zero attached hydrogens (tertiary/aromatic N) is 1. The number of anilines is 1. The molecule has 7 heteroatoms. The molecule has 0 bridgehead atoms. The number of amides is 1. The fourth-order valence-electron chi connectivity index (χ4n) is 1.22. The second-order valence-electron chi connectivity index (χ2n) is 3.39. The number of rotatable bonds is 6. The normalized spacial score (nSPS) is 9.83. The van der Waals surface area contributed by atoms with Crippen molar-refractivity contribution in [3.05, 3.63) is 45.4 Å². The van der Waals surface area contributed by atoms with Gasteiger partial charge in [0.1, 0.15) is 0 Å². The maximum Gasteiger partial charge on any atom is 0.285 e. The van der Waals surface area contributed by atoms with E-state index >= 15 is 0 Å². The van der Waals surface area contributed by atoms with Gasteiger partial charge in [0.05, 0.1) is 15.9 Å². The molecule has 0 aliphatic rings. The van der Waals surface area contributed by atoms with Crippen LogP contribution in [0.2, 0.25) is 0 Å². The first-order chi connectivity index (χ1) is 8.54. The minimum absolute atomic E-state index is 0.0909. The number of nitro benzene ring substituents is 1. The molecular weight excluding hydrogens is 302 g/mol. The Bertz CT molecular complexity index is 477. The third kappa shape index (κ3) is 4.27. The molecule has 0 saturated carbocycles. The van der Waals surface area contributed by atoms with E-state index in [0.29, 0.717) is 16.7 Å². The standard InChI is InChI=1S/C11H12BrN3O3/c1-2-5-13-7-11(16)14-8-3-4-9(12)10(6-8)15(17)18/h2-4,6,13H,1,5,7H2,(H,14,16). The quantitative estimate of drug-likeness (QED) is 0.364. The fraction of sp³-hybridized carbons (Fsp3) is 0.182. The van der Waals surface area contributed by atoms with Crippen LogP contribution >= 0.6 is 15.9 Å². The van der Waals surface area contributed by atoms with Crippen LogP contribution in [-0.2, 0) is 4.79 Å². The second kappa shape index (κ2) is 6.87. The third-order valence-electron chi connectivity index (χ3n) is 2.00. The highest BCUT2D eigenvalue weighted by molar-refractivity contribution is 9.10. The van der Waals surface area contributed by atoms with Crippen LogP contribution in [0, 0.1) is 10.1 Å². The molecular formula is C11H12BrN3O3. The summed E-state index contributed by atoms with van der Waals surface area (Å²) in [7, 11) is 0. The lowest BCUT2D eigenvalue weighted by atomic mass is 10.3. The lowest BCUT2D eigenvalue weighted by Crippen LogP contribution is -2.28. The van der Waals surface area contributed by atoms with Crippen molar-refractivity contribution in [2.75, 3.05) is 18.4 Å². The number of benzene rings is 1. The molecule has 0 heterocycles. The number of carbonyl (C=O) groups is 1. The number of nitro groups is 1. The first-order valence-electron chi connectivity index (χ1n) is 5.10. The van der Waals surface area contributed by atoms with Crippen LogP contribution < -0.4 is 10.6 Å². The van der Waals surface area contributed by atoms with Crippen LogP contribution in [0.1, 0.15) is 0 Å². The van der Waals surface area contributed by atoms with Crippen molar-refractivity contribution in [3.63, 3.8) is 0 Å². The van der Waals surface area contributed by atoms with Crippen molar-refractivity contribution in [3.8, 4) is 0 Å². The van der Waals surface area contributed by atoms with E-state index in [4.69, 9.17) is 0 Å². The summed E-state index contributed by atoms with van der Waals surface area (Å²) < 4.78 is 0.371. The molecule has 0 spiro atoms. The van der Waals surface area contributed by atoms with Gasteiger partial charge in [0.15, 0.2) is 0 Å². The summed E-state index contributed by atoms with van der Waals surface area (Å²) in [6, 6.07) is 4.41. The molecule has 96 valence electrons. The zero-order valence-corrected chi connectivity index (χ0v) is 11.1. The van der Waals surface area contributed by atoms with Crippen molar-refractivity contribution in [1.29, 1.82) is 0 Å². The molecule has 0 aliphatic heterocycles. The zero-order chi connectivity index (χ0) is 13.5. The van der Waals surface area contributed by atoms with E-state index in [1.54, 1.807) is 12.1 Å². The van der Waals surface area contributed by atoms with Crippen LogP contribution in [0.15, 0.2) is 35.3 Å². The average molecular weight is 314 g/mol. The molecule has 6 nitrogen and oxygen atoms in total. The van der Waals surface area contributed by atoms with Gasteiger partial charge in [0, 0.05) is 18.3 Å². The molecule has 0 radical (unpaired) electrons. The van der Waals surface area contributed by atoms with Crippen molar-refractivity contribution < 1.29 is 9.72 Å². The van der Waals surface area contributed by atoms with Gasteiger partial charge in [0.25, 0.3) is 5.69 Å². The summed E-state index contributed by atoms with van der Waals surface area (Å²) >= 11 is 3.07. The Labute approximate surface area is 112 Å². The molecule has 1 rings (SSSR count). The molecule has 2 N–H and O–H groups in total. The molecule has 0 unspecified atom stereocenters. The van der Waals surface area contributed by atoms with Gasteiger partial charge in [-0.1, -0.05) is 6.08 Å². The van der Waals surface area contributed by atoms with Gasteiger partial charge in [-0.15, -0.1) is 6.58 Å². The molecule has 0 atom stereocenters. The van der Waals surface area contributed by atoms with Crippen molar-refractivity contribution >= 4 is 33.2 Å². The first-order valence-corrected chi connectivity index (χ1v) is 5.89. The second-order valence-corrected chi connectivity index (χ2v) is 4.25. The van der Waals surface area contributed by atoms with Crippen molar-refractivity contribution in [2.24, 2.45) is 0 Å². The number of hydrogen-bond acceptors (Lipinski definition) is 4. The van der Waals surface area contributed by atoms with E-state index in [2.05, 4.69) is 33.1 Å². The van der Waals surface area contributed by atoms with Gasteiger partial charge >= 0.3 is 0 Å². The average Bonchev–Trinajstić information content (AvgIpc) is 2.31. The fourth-order valence-corrected chi connectivity index (χ4v) is 1.61. The number of carbonyl (C=O) groups excluding carboxylic acids is 1. The van der Waals surface area contributed by atoms with E-state index in [9.17, 15) is 14.9 Å². The Morgan fingerprint density at radius 3 is 2.89 bits per heavy atom. The molecule has 1 amide bonds. The van der Waals surface area contributed by atoms with E-state index < -0.39 is 4.92 Å². The summed E-state index contributed by atoms with van der Waals surface area (Å²) in [5.41, 5.74) is 0.294. The minimum atomic E-state index is -0.518. The summed E-state index contributed by atoms with van der Waals surface area (Å²) in [6.07, 6.45) is 1.64. The molecule has 0 aromatic heterocycles. The van der Waals surface area contributed by atoms with Gasteiger partial charge in [0.2, 0.25) is 5.91 Å². The topological polar surface area (TPSA) is 84.3 Å². The first kappa shape index (κ1) is 14.3. The van der Waals surface area contributed by atoms with E-state index in [-0.39, 0.29) is 18.1 Å². The predicted molar refractivity (Wildman–Crippen MR) is 72.5 cm³/mol. The Balaban J connectivity index is 2.67. The third-order valence-corrected chi connectivity index (χ3v) is 2.67. The zero-order valence-electron chi connectivity index (χ0n) is 9.48. The monoisotopic (exact) mass is 313 g/mol. The lowest BCUT2D eigenvalue weighted by molar-refractivity contribution is -0.385. The van der Waals surface area contributed by atoms with Crippen LogP contribution in [0.4, 0.5) is 11.4 Å². The maximum atomic E-state index is 11.5. The van der Waals surface area contributed by atoms with Gasteiger partial charge < -0.3 is 10.6 Å². The molecule has 1 aromatic rings. The van der Waals surface area contributed by atoms with Crippen molar-refractivity contribution in [2.45, 2.75) is 0 Å². The summed E-state index contributed by atoms with van der Waals surface area (Å²) in [5, 5.41) is 16.1. The van der Waals surface area contributed by atoms with Crippen LogP contribution in [0.25, 0.3) is 0 Å². The van der Waals surface area contributed by atoms with E-state index in [1.165, 1.54) is 12.1 Å². The van der Waals surface area contributed by atoms with Gasteiger partial charge in [-0.25, -0.2) is 0 Å². The van der Waals surface area contributed by atoms with E-state index in [0.717, 1.165) is 0 Å². The van der Waals surface area contributed by atoms with Crippen molar-refractivity contribution in [1.82, 2.24) is 5.32 Å². The minimum Gasteiger partial charge on any atom is -0.325 e. The van der Waals surface area contributed by atoms with Crippen LogP contribution in [-0.4, -0.2) is 23.9 Å². The smallest absolute Gasteiger partial charge is 0.285 e. The highest BCUT2D eigenvalue weighted by Crippen LogP contribution is 2.27. The predicted octanol–water partition coefficient (Wildman–Crippen LogP) is 2.07. The Morgan fingerprint density at radius 1 is 1.56 bits per heavy atom. The number of halogens is 1. The summed E-state index contributed by atoms with van der Waals surface area (Å²) in [6.45, 7) is 4.15. The lowest BCUT2D eigenvalue weighted by Gasteiger charge is -2.06. The molecule has 1 aromatic carbocycles. The van der Waals surface area contributed by atoms with Gasteiger partial charge in [-0.3, -0.25) is 14.9 Å². The van der Waals surface area contributed by atoms with E-state index in [1.807, 2.05) is 0 Å². The summed E-state index contributed by atoms with van der Waals surface area (Å²) in [5.74, 6) is -0.270. The maximum absolute atomic E-state index is 11.5. The van der Waals surface area contributed by atoms with Crippen LogP contribution in [0.5, 0.6) is 0 Å². The van der Waals surface area contributed by atoms with Gasteiger partial charge in [-0.2, -0.15) is 0 Å². The highest BCUT2D eigenvalue weighted by Gasteiger charge is 2.13. The molecule has 0 aliphatic carbocycles. The number of nitrogens with one attached hydrogen (secondary N) is 2.